The Balaban J connectivity index is 1.83. The molecule has 0 aliphatic heterocycles. The molecule has 0 fully saturated rings. The summed E-state index contributed by atoms with van der Waals surface area (Å²) in [5.41, 5.74) is 2.63. The van der Waals surface area contributed by atoms with Gasteiger partial charge < -0.3 is 5.32 Å². The molecule has 0 amide bonds. The van der Waals surface area contributed by atoms with E-state index in [0.717, 1.165) is 6.54 Å². The van der Waals surface area contributed by atoms with E-state index in [0.29, 0.717) is 18.3 Å². The summed E-state index contributed by atoms with van der Waals surface area (Å²) in [6, 6.07) is 8.66. The Bertz CT molecular complexity index is 432. The number of aromatic nitrogens is 4. The van der Waals surface area contributed by atoms with Gasteiger partial charge in [-0.25, -0.2) is 0 Å². The summed E-state index contributed by atoms with van der Waals surface area (Å²) < 4.78 is 0. The van der Waals surface area contributed by atoms with Crippen molar-refractivity contribution >= 4 is 0 Å². The molecule has 17 heavy (non-hydrogen) atoms. The molecule has 1 aromatic heterocycles. The number of hydrogen-bond donors (Lipinski definition) is 2. The van der Waals surface area contributed by atoms with Gasteiger partial charge in [-0.1, -0.05) is 43.3 Å². The third-order valence-corrected chi connectivity index (χ3v) is 2.65. The van der Waals surface area contributed by atoms with Crippen LogP contribution in [0.1, 0.15) is 36.7 Å². The molecule has 1 heterocycles. The second-order valence-corrected chi connectivity index (χ2v) is 4.33. The topological polar surface area (TPSA) is 66.5 Å². The minimum Gasteiger partial charge on any atom is -0.306 e. The summed E-state index contributed by atoms with van der Waals surface area (Å²) in [6.45, 7) is 5.84. The number of aromatic amines is 1. The van der Waals surface area contributed by atoms with Crippen LogP contribution in [-0.4, -0.2) is 20.6 Å². The lowest BCUT2D eigenvalue weighted by Gasteiger charge is -2.07. The first-order valence-electron chi connectivity index (χ1n) is 5.77. The first-order chi connectivity index (χ1) is 8.25. The predicted octanol–water partition coefficient (Wildman–Crippen LogP) is 1.61. The maximum absolute atomic E-state index is 3.88. The fourth-order valence-electron chi connectivity index (χ4n) is 1.60. The average molecular weight is 231 g/mol. The van der Waals surface area contributed by atoms with Gasteiger partial charge in [-0.3, -0.25) is 0 Å². The van der Waals surface area contributed by atoms with Gasteiger partial charge >= 0.3 is 0 Å². The van der Waals surface area contributed by atoms with E-state index in [2.05, 4.69) is 64.1 Å². The highest BCUT2D eigenvalue weighted by molar-refractivity contribution is 5.24. The van der Waals surface area contributed by atoms with Crippen molar-refractivity contribution in [2.75, 3.05) is 0 Å². The summed E-state index contributed by atoms with van der Waals surface area (Å²) in [5, 5.41) is 16.9. The highest BCUT2D eigenvalue weighted by Crippen LogP contribution is 2.14. The molecule has 2 rings (SSSR count). The largest absolute Gasteiger partial charge is 0.306 e. The maximum Gasteiger partial charge on any atom is 0.188 e. The van der Waals surface area contributed by atoms with Crippen molar-refractivity contribution in [2.45, 2.75) is 32.9 Å². The molecule has 5 heteroatoms. The van der Waals surface area contributed by atoms with Gasteiger partial charge in [0, 0.05) is 6.54 Å². The number of nitrogens with zero attached hydrogens (tertiary/aromatic N) is 3. The Morgan fingerprint density at radius 3 is 2.53 bits per heavy atom. The molecule has 0 atom stereocenters. The van der Waals surface area contributed by atoms with E-state index in [9.17, 15) is 0 Å². The monoisotopic (exact) mass is 231 g/mol. The molecule has 0 aliphatic carbocycles. The van der Waals surface area contributed by atoms with E-state index < -0.39 is 0 Å². The van der Waals surface area contributed by atoms with Gasteiger partial charge in [-0.2, -0.15) is 5.21 Å². The first kappa shape index (κ1) is 11.7. The second kappa shape index (κ2) is 5.54. The van der Waals surface area contributed by atoms with Gasteiger partial charge in [0.05, 0.1) is 6.54 Å². The van der Waals surface area contributed by atoms with Crippen LogP contribution in [0.4, 0.5) is 0 Å². The van der Waals surface area contributed by atoms with Crippen molar-refractivity contribution in [3.63, 3.8) is 0 Å². The molecule has 0 bridgehead atoms. The zero-order chi connectivity index (χ0) is 12.1. The van der Waals surface area contributed by atoms with E-state index in [4.69, 9.17) is 0 Å². The smallest absolute Gasteiger partial charge is 0.188 e. The quantitative estimate of drug-likeness (QED) is 0.820. The number of rotatable bonds is 5. The van der Waals surface area contributed by atoms with Gasteiger partial charge in [-0.05, 0) is 17.0 Å². The van der Waals surface area contributed by atoms with Crippen LogP contribution in [0, 0.1) is 0 Å². The van der Waals surface area contributed by atoms with Crippen molar-refractivity contribution in [3.8, 4) is 0 Å². The van der Waals surface area contributed by atoms with E-state index in [1.165, 1.54) is 11.1 Å². The standard InChI is InChI=1S/C12H17N5/c1-9(2)11-5-3-10(4-6-11)7-13-8-12-14-16-17-15-12/h3-6,9,13H,7-8H2,1-2H3,(H,14,15,16,17). The van der Waals surface area contributed by atoms with Crippen molar-refractivity contribution in [1.29, 1.82) is 0 Å². The van der Waals surface area contributed by atoms with E-state index >= 15 is 0 Å². The van der Waals surface area contributed by atoms with Crippen molar-refractivity contribution in [2.24, 2.45) is 0 Å². The fraction of sp³-hybridized carbons (Fsp3) is 0.417. The van der Waals surface area contributed by atoms with Gasteiger partial charge in [0.2, 0.25) is 0 Å². The summed E-state index contributed by atoms with van der Waals surface area (Å²) >= 11 is 0. The first-order valence-corrected chi connectivity index (χ1v) is 5.77. The van der Waals surface area contributed by atoms with Crippen LogP contribution in [-0.2, 0) is 13.1 Å². The van der Waals surface area contributed by atoms with Crippen molar-refractivity contribution in [3.05, 3.63) is 41.2 Å². The lowest BCUT2D eigenvalue weighted by atomic mass is 10.0. The van der Waals surface area contributed by atoms with Crippen LogP contribution < -0.4 is 5.32 Å². The SMILES string of the molecule is CC(C)c1ccc(CNCc2nn[nH]n2)cc1. The van der Waals surface area contributed by atoms with Gasteiger partial charge in [0.25, 0.3) is 0 Å². The predicted molar refractivity (Wildman–Crippen MR) is 65.3 cm³/mol. The lowest BCUT2D eigenvalue weighted by Crippen LogP contribution is -2.13. The molecular weight excluding hydrogens is 214 g/mol. The molecule has 5 nitrogen and oxygen atoms in total. The second-order valence-electron chi connectivity index (χ2n) is 4.33. The number of nitrogens with one attached hydrogen (secondary N) is 2. The molecule has 0 aliphatic rings. The minimum atomic E-state index is 0.580. The van der Waals surface area contributed by atoms with Crippen LogP contribution in [0.3, 0.4) is 0 Å². The molecule has 0 unspecified atom stereocenters. The van der Waals surface area contributed by atoms with Crippen LogP contribution in [0.2, 0.25) is 0 Å². The van der Waals surface area contributed by atoms with Crippen LogP contribution in [0.5, 0.6) is 0 Å². The van der Waals surface area contributed by atoms with Gasteiger partial charge in [0.15, 0.2) is 5.82 Å². The Morgan fingerprint density at radius 1 is 1.18 bits per heavy atom. The van der Waals surface area contributed by atoms with Crippen molar-refractivity contribution < 1.29 is 0 Å². The number of benzene rings is 1. The Kier molecular flexibility index (Phi) is 3.82. The zero-order valence-corrected chi connectivity index (χ0v) is 10.1. The highest BCUT2D eigenvalue weighted by Gasteiger charge is 2.00. The molecule has 0 saturated heterocycles. The summed E-state index contributed by atoms with van der Waals surface area (Å²) in [4.78, 5) is 0. The zero-order valence-electron chi connectivity index (χ0n) is 10.1. The Morgan fingerprint density at radius 2 is 1.94 bits per heavy atom. The van der Waals surface area contributed by atoms with Crippen LogP contribution in [0.15, 0.2) is 24.3 Å². The van der Waals surface area contributed by atoms with E-state index in [1.54, 1.807) is 0 Å². The van der Waals surface area contributed by atoms with Gasteiger partial charge in [0.1, 0.15) is 0 Å². The lowest BCUT2D eigenvalue weighted by molar-refractivity contribution is 0.663. The molecule has 0 radical (unpaired) electrons. The summed E-state index contributed by atoms with van der Waals surface area (Å²) in [5.74, 6) is 1.26. The fourth-order valence-corrected chi connectivity index (χ4v) is 1.60. The molecule has 1 aromatic carbocycles. The van der Waals surface area contributed by atoms with Gasteiger partial charge in [-0.15, -0.1) is 10.2 Å². The average Bonchev–Trinajstić information content (AvgIpc) is 2.83. The molecule has 0 saturated carbocycles. The highest BCUT2D eigenvalue weighted by atomic mass is 15.5. The normalized spacial score (nSPS) is 11.0. The minimum absolute atomic E-state index is 0.580. The molecule has 0 spiro atoms. The molecular formula is C12H17N5. The Labute approximate surface area is 101 Å². The Hall–Kier alpha value is -1.75. The summed E-state index contributed by atoms with van der Waals surface area (Å²) in [7, 11) is 0. The van der Waals surface area contributed by atoms with E-state index in [-0.39, 0.29) is 0 Å². The number of tetrazole rings is 1. The van der Waals surface area contributed by atoms with Crippen molar-refractivity contribution in [1.82, 2.24) is 25.9 Å². The molecule has 2 aromatic rings. The number of H-pyrrole nitrogens is 1. The maximum atomic E-state index is 3.88. The number of hydrogen-bond acceptors (Lipinski definition) is 4. The third-order valence-electron chi connectivity index (χ3n) is 2.65. The molecule has 2 N–H and O–H groups in total. The summed E-state index contributed by atoms with van der Waals surface area (Å²) in [6.07, 6.45) is 0. The molecule has 90 valence electrons. The van der Waals surface area contributed by atoms with Crippen LogP contribution in [0.25, 0.3) is 0 Å². The van der Waals surface area contributed by atoms with Crippen LogP contribution >= 0.6 is 0 Å². The van der Waals surface area contributed by atoms with E-state index in [1.807, 2.05) is 0 Å². The third kappa shape index (κ3) is 3.35.